The minimum atomic E-state index is -0.992. The lowest BCUT2D eigenvalue weighted by atomic mass is 9.95. The number of aliphatic carboxylic acids is 1. The molecule has 3 N–H and O–H groups in total. The zero-order valence-electron chi connectivity index (χ0n) is 12.0. The van der Waals surface area contributed by atoms with Crippen molar-refractivity contribution in [3.63, 3.8) is 0 Å². The molecule has 2 atom stereocenters. The van der Waals surface area contributed by atoms with E-state index in [9.17, 15) is 14.7 Å². The van der Waals surface area contributed by atoms with Crippen molar-refractivity contribution in [1.82, 2.24) is 10.6 Å². The molecular weight excluding hydrogens is 268 g/mol. The van der Waals surface area contributed by atoms with Crippen molar-refractivity contribution in [1.29, 1.82) is 0 Å². The molecule has 2 rings (SSSR count). The molecule has 0 aromatic heterocycles. The van der Waals surface area contributed by atoms with E-state index in [1.54, 1.807) is 0 Å². The first kappa shape index (κ1) is 15.5. The molecule has 1 aromatic carbocycles. The van der Waals surface area contributed by atoms with Gasteiger partial charge in [0.2, 0.25) is 5.91 Å². The molecule has 0 saturated carbocycles. The van der Waals surface area contributed by atoms with Gasteiger partial charge < -0.3 is 15.7 Å². The van der Waals surface area contributed by atoms with E-state index < -0.39 is 12.0 Å². The molecule has 5 nitrogen and oxygen atoms in total. The summed E-state index contributed by atoms with van der Waals surface area (Å²) in [5.41, 5.74) is 0.907. The van der Waals surface area contributed by atoms with Crippen LogP contribution in [0.15, 0.2) is 30.3 Å². The molecule has 21 heavy (non-hydrogen) atoms. The van der Waals surface area contributed by atoms with Crippen LogP contribution in [0.2, 0.25) is 0 Å². The highest BCUT2D eigenvalue weighted by Gasteiger charge is 2.23. The Morgan fingerprint density at radius 3 is 2.71 bits per heavy atom. The van der Waals surface area contributed by atoms with E-state index >= 15 is 0 Å². The van der Waals surface area contributed by atoms with Gasteiger partial charge in [0.1, 0.15) is 6.04 Å². The van der Waals surface area contributed by atoms with Crippen molar-refractivity contribution < 1.29 is 14.7 Å². The molecule has 114 valence electrons. The molecule has 1 heterocycles. The number of carbonyl (C=O) groups is 2. The molecule has 5 heteroatoms. The lowest BCUT2D eigenvalue weighted by Gasteiger charge is -2.23. The number of hydrogen-bond donors (Lipinski definition) is 3. The van der Waals surface area contributed by atoms with Crippen LogP contribution in [-0.4, -0.2) is 36.1 Å². The van der Waals surface area contributed by atoms with Gasteiger partial charge in [-0.05, 0) is 37.4 Å². The lowest BCUT2D eigenvalue weighted by molar-refractivity contribution is -0.141. The van der Waals surface area contributed by atoms with Crippen LogP contribution < -0.4 is 10.6 Å². The maximum absolute atomic E-state index is 12.0. The fourth-order valence-electron chi connectivity index (χ4n) is 2.66. The van der Waals surface area contributed by atoms with Crippen molar-refractivity contribution in [3.8, 4) is 0 Å². The van der Waals surface area contributed by atoms with Crippen LogP contribution in [-0.2, 0) is 16.0 Å². The Balaban J connectivity index is 1.86. The number of piperidine rings is 1. The Morgan fingerprint density at radius 2 is 2.10 bits per heavy atom. The van der Waals surface area contributed by atoms with Gasteiger partial charge in [-0.1, -0.05) is 30.3 Å². The predicted molar refractivity (Wildman–Crippen MR) is 79.9 cm³/mol. The molecule has 1 aliphatic heterocycles. The minimum absolute atomic E-state index is 0.174. The molecule has 1 saturated heterocycles. The van der Waals surface area contributed by atoms with E-state index in [4.69, 9.17) is 0 Å². The zero-order valence-corrected chi connectivity index (χ0v) is 12.0. The number of hydrogen-bond acceptors (Lipinski definition) is 3. The molecule has 0 aliphatic carbocycles. The number of carboxylic acids is 1. The van der Waals surface area contributed by atoms with E-state index in [1.807, 2.05) is 30.3 Å². The van der Waals surface area contributed by atoms with Crippen molar-refractivity contribution in [2.75, 3.05) is 13.1 Å². The number of rotatable bonds is 6. The number of amides is 1. The fourth-order valence-corrected chi connectivity index (χ4v) is 2.66. The van der Waals surface area contributed by atoms with Crippen LogP contribution >= 0.6 is 0 Å². The van der Waals surface area contributed by atoms with E-state index in [2.05, 4.69) is 10.6 Å². The Bertz CT molecular complexity index is 470. The Kier molecular flexibility index (Phi) is 5.75. The largest absolute Gasteiger partial charge is 0.480 e. The van der Waals surface area contributed by atoms with Gasteiger partial charge in [0, 0.05) is 12.8 Å². The highest BCUT2D eigenvalue weighted by molar-refractivity contribution is 5.83. The van der Waals surface area contributed by atoms with E-state index in [-0.39, 0.29) is 5.91 Å². The number of benzene rings is 1. The first-order valence-electron chi connectivity index (χ1n) is 7.42. The molecule has 1 unspecified atom stereocenters. The summed E-state index contributed by atoms with van der Waals surface area (Å²) in [6.45, 7) is 1.84. The van der Waals surface area contributed by atoms with Gasteiger partial charge in [-0.3, -0.25) is 4.79 Å². The summed E-state index contributed by atoms with van der Waals surface area (Å²) in [6, 6.07) is 8.48. The summed E-state index contributed by atoms with van der Waals surface area (Å²) in [6.07, 6.45) is 2.80. The van der Waals surface area contributed by atoms with Crippen LogP contribution in [0.5, 0.6) is 0 Å². The van der Waals surface area contributed by atoms with Crippen LogP contribution in [0.3, 0.4) is 0 Å². The molecule has 0 radical (unpaired) electrons. The van der Waals surface area contributed by atoms with Crippen LogP contribution in [0, 0.1) is 5.92 Å². The van der Waals surface area contributed by atoms with Gasteiger partial charge in [0.05, 0.1) is 0 Å². The smallest absolute Gasteiger partial charge is 0.326 e. The summed E-state index contributed by atoms with van der Waals surface area (Å²) in [5.74, 6) is -0.856. The van der Waals surface area contributed by atoms with Crippen LogP contribution in [0.1, 0.15) is 24.8 Å². The van der Waals surface area contributed by atoms with Gasteiger partial charge in [-0.25, -0.2) is 4.79 Å². The first-order chi connectivity index (χ1) is 10.1. The SMILES string of the molecule is O=C(CC1CCCNC1)N[C@H](Cc1ccccc1)C(=O)O. The van der Waals surface area contributed by atoms with E-state index in [0.29, 0.717) is 18.8 Å². The summed E-state index contributed by atoms with van der Waals surface area (Å²) < 4.78 is 0. The van der Waals surface area contributed by atoms with E-state index in [0.717, 1.165) is 31.5 Å². The van der Waals surface area contributed by atoms with Gasteiger partial charge >= 0.3 is 5.97 Å². The second kappa shape index (κ2) is 7.78. The number of nitrogens with one attached hydrogen (secondary N) is 2. The molecule has 1 aliphatic rings. The lowest BCUT2D eigenvalue weighted by Crippen LogP contribution is -2.43. The quantitative estimate of drug-likeness (QED) is 0.735. The van der Waals surface area contributed by atoms with Crippen molar-refractivity contribution in [3.05, 3.63) is 35.9 Å². The topological polar surface area (TPSA) is 78.4 Å². The molecule has 1 aromatic rings. The Hall–Kier alpha value is -1.88. The van der Waals surface area contributed by atoms with Crippen LogP contribution in [0.25, 0.3) is 0 Å². The highest BCUT2D eigenvalue weighted by Crippen LogP contribution is 2.14. The maximum atomic E-state index is 12.0. The summed E-state index contributed by atoms with van der Waals surface area (Å²) >= 11 is 0. The first-order valence-corrected chi connectivity index (χ1v) is 7.42. The molecule has 1 fully saturated rings. The molecular formula is C16H22N2O3. The Morgan fingerprint density at radius 1 is 1.33 bits per heavy atom. The second-order valence-electron chi connectivity index (χ2n) is 5.56. The third kappa shape index (κ3) is 5.19. The van der Waals surface area contributed by atoms with Crippen molar-refractivity contribution >= 4 is 11.9 Å². The standard InChI is InChI=1S/C16H22N2O3/c19-15(10-13-7-4-8-17-11-13)18-14(16(20)21)9-12-5-2-1-3-6-12/h1-3,5-6,13-14,17H,4,7-11H2,(H,18,19)(H,20,21)/t13?,14-/m1/s1. The van der Waals surface area contributed by atoms with Crippen molar-refractivity contribution in [2.24, 2.45) is 5.92 Å². The fraction of sp³-hybridized carbons (Fsp3) is 0.500. The number of carbonyl (C=O) groups excluding carboxylic acids is 1. The van der Waals surface area contributed by atoms with Crippen molar-refractivity contribution in [2.45, 2.75) is 31.7 Å². The van der Waals surface area contributed by atoms with Gasteiger partial charge in [-0.2, -0.15) is 0 Å². The summed E-state index contributed by atoms with van der Waals surface area (Å²) in [7, 11) is 0. The zero-order chi connectivity index (χ0) is 15.1. The average Bonchev–Trinajstić information content (AvgIpc) is 2.48. The molecule has 0 spiro atoms. The third-order valence-electron chi connectivity index (χ3n) is 3.79. The maximum Gasteiger partial charge on any atom is 0.326 e. The number of carboxylic acid groups (broad SMARTS) is 1. The average molecular weight is 290 g/mol. The second-order valence-corrected chi connectivity index (χ2v) is 5.56. The van der Waals surface area contributed by atoms with Gasteiger partial charge in [0.25, 0.3) is 0 Å². The van der Waals surface area contributed by atoms with Crippen LogP contribution in [0.4, 0.5) is 0 Å². The highest BCUT2D eigenvalue weighted by atomic mass is 16.4. The van der Waals surface area contributed by atoms with E-state index in [1.165, 1.54) is 0 Å². The summed E-state index contributed by atoms with van der Waals surface area (Å²) in [4.78, 5) is 23.3. The molecule has 1 amide bonds. The predicted octanol–water partition coefficient (Wildman–Crippen LogP) is 1.19. The van der Waals surface area contributed by atoms with Gasteiger partial charge in [0.15, 0.2) is 0 Å². The normalized spacial score (nSPS) is 19.7. The molecule has 0 bridgehead atoms. The summed E-state index contributed by atoms with van der Waals surface area (Å²) in [5, 5.41) is 15.2. The Labute approximate surface area is 124 Å². The third-order valence-corrected chi connectivity index (χ3v) is 3.79. The van der Waals surface area contributed by atoms with Gasteiger partial charge in [-0.15, -0.1) is 0 Å². The monoisotopic (exact) mass is 290 g/mol. The minimum Gasteiger partial charge on any atom is -0.480 e.